The van der Waals surface area contributed by atoms with Gasteiger partial charge in [0, 0.05) is 12.4 Å². The van der Waals surface area contributed by atoms with E-state index in [1.165, 1.54) is 11.3 Å². The molecule has 0 fully saturated rings. The van der Waals surface area contributed by atoms with Crippen LogP contribution in [0, 0.1) is 20.8 Å². The normalized spacial score (nSPS) is 11.0. The zero-order chi connectivity index (χ0) is 15.0. The molecule has 3 rings (SSSR count). The first-order valence-electron chi connectivity index (χ1n) is 6.46. The Morgan fingerprint density at radius 2 is 2.14 bits per heavy atom. The van der Waals surface area contributed by atoms with Crippen LogP contribution < -0.4 is 0 Å². The predicted octanol–water partition coefficient (Wildman–Crippen LogP) is 2.47. The van der Waals surface area contributed by atoms with E-state index in [1.54, 1.807) is 29.9 Å². The van der Waals surface area contributed by atoms with Crippen molar-refractivity contribution in [2.75, 3.05) is 0 Å². The molecule has 3 aromatic heterocycles. The van der Waals surface area contributed by atoms with Crippen molar-refractivity contribution in [2.24, 2.45) is 0 Å². The third-order valence-corrected chi connectivity index (χ3v) is 4.15. The van der Waals surface area contributed by atoms with E-state index >= 15 is 0 Å². The summed E-state index contributed by atoms with van der Waals surface area (Å²) in [5.74, 6) is -0.411. The fourth-order valence-electron chi connectivity index (χ4n) is 2.15. The lowest BCUT2D eigenvalue weighted by molar-refractivity contribution is 0.0477. The molecule has 0 N–H and O–H groups in total. The predicted molar refractivity (Wildman–Crippen MR) is 78.4 cm³/mol. The lowest BCUT2D eigenvalue weighted by Gasteiger charge is -2.03. The molecule has 7 heteroatoms. The largest absolute Gasteiger partial charge is 0.456 e. The van der Waals surface area contributed by atoms with E-state index in [9.17, 15) is 4.79 Å². The summed E-state index contributed by atoms with van der Waals surface area (Å²) in [5.41, 5.74) is 2.43. The molecule has 0 aliphatic heterocycles. The molecule has 0 unspecified atom stereocenters. The topological polar surface area (TPSA) is 69.4 Å². The first-order chi connectivity index (χ1) is 10.1. The zero-order valence-electron chi connectivity index (χ0n) is 12.0. The molecule has 0 saturated carbocycles. The summed E-state index contributed by atoms with van der Waals surface area (Å²) >= 11 is 1.54. The van der Waals surface area contributed by atoms with Gasteiger partial charge in [0.15, 0.2) is 5.65 Å². The van der Waals surface area contributed by atoms with Crippen LogP contribution in [-0.2, 0) is 11.3 Å². The number of ether oxygens (including phenoxy) is 1. The van der Waals surface area contributed by atoms with Crippen molar-refractivity contribution in [3.05, 3.63) is 45.3 Å². The summed E-state index contributed by atoms with van der Waals surface area (Å²) in [6.45, 7) is 5.84. The van der Waals surface area contributed by atoms with Gasteiger partial charge in [0.25, 0.3) is 0 Å². The van der Waals surface area contributed by atoms with Crippen molar-refractivity contribution in [3.63, 3.8) is 0 Å². The van der Waals surface area contributed by atoms with Gasteiger partial charge in [0.1, 0.15) is 12.2 Å². The van der Waals surface area contributed by atoms with Gasteiger partial charge in [-0.15, -0.1) is 11.3 Å². The highest BCUT2D eigenvalue weighted by molar-refractivity contribution is 7.11. The molecule has 3 aromatic rings. The van der Waals surface area contributed by atoms with Gasteiger partial charge in [-0.2, -0.15) is 5.10 Å². The Labute approximate surface area is 125 Å². The van der Waals surface area contributed by atoms with Crippen LogP contribution in [0.4, 0.5) is 0 Å². The van der Waals surface area contributed by atoms with Crippen molar-refractivity contribution >= 4 is 23.0 Å². The zero-order valence-corrected chi connectivity index (χ0v) is 12.8. The third-order valence-electron chi connectivity index (χ3n) is 3.11. The number of esters is 1. The molecule has 0 radical (unpaired) electrons. The monoisotopic (exact) mass is 302 g/mol. The summed E-state index contributed by atoms with van der Waals surface area (Å²) in [5, 5.41) is 5.22. The number of hydrogen-bond acceptors (Lipinski definition) is 6. The summed E-state index contributed by atoms with van der Waals surface area (Å²) < 4.78 is 6.97. The second kappa shape index (κ2) is 5.25. The number of aromatic nitrogens is 4. The van der Waals surface area contributed by atoms with E-state index in [-0.39, 0.29) is 6.61 Å². The Kier molecular flexibility index (Phi) is 3.42. The quantitative estimate of drug-likeness (QED) is 0.695. The minimum absolute atomic E-state index is 0.222. The summed E-state index contributed by atoms with van der Waals surface area (Å²) in [4.78, 5) is 21.8. The van der Waals surface area contributed by atoms with Gasteiger partial charge in [-0.3, -0.25) is 0 Å². The molecular formula is C14H14N4O2S. The minimum Gasteiger partial charge on any atom is -0.456 e. The smallest absolute Gasteiger partial charge is 0.344 e. The van der Waals surface area contributed by atoms with Crippen LogP contribution in [-0.4, -0.2) is 25.6 Å². The number of hydrogen-bond donors (Lipinski definition) is 0. The lowest BCUT2D eigenvalue weighted by atomic mass is 10.2. The molecule has 0 saturated heterocycles. The van der Waals surface area contributed by atoms with Crippen LogP contribution in [0.2, 0.25) is 0 Å². The van der Waals surface area contributed by atoms with Crippen molar-refractivity contribution in [2.45, 2.75) is 27.4 Å². The summed E-state index contributed by atoms with van der Waals surface area (Å²) in [6, 6.07) is 1.76. The second-order valence-corrected chi connectivity index (χ2v) is 5.95. The van der Waals surface area contributed by atoms with E-state index < -0.39 is 5.97 Å². The fraction of sp³-hybridized carbons (Fsp3) is 0.286. The van der Waals surface area contributed by atoms with Gasteiger partial charge in [0.05, 0.1) is 21.3 Å². The van der Waals surface area contributed by atoms with E-state index in [1.807, 2.05) is 13.8 Å². The number of carbonyl (C=O) groups excluding carboxylic acids is 1. The van der Waals surface area contributed by atoms with Gasteiger partial charge >= 0.3 is 5.97 Å². The Hall–Kier alpha value is -2.28. The molecular weight excluding hydrogens is 288 g/mol. The number of rotatable bonds is 3. The van der Waals surface area contributed by atoms with Crippen LogP contribution in [0.5, 0.6) is 0 Å². The average molecular weight is 302 g/mol. The summed E-state index contributed by atoms with van der Waals surface area (Å²) in [7, 11) is 0. The molecule has 0 bridgehead atoms. The van der Waals surface area contributed by atoms with Crippen molar-refractivity contribution < 1.29 is 9.53 Å². The Bertz CT molecular complexity index is 822. The Balaban J connectivity index is 1.84. The third kappa shape index (κ3) is 2.52. The standard InChI is InChI=1S/C14H14N4O2S/c1-8-11(21-10(3)16-8)7-20-14(19)12-9(2)17-18-6-4-5-15-13(12)18/h4-6H,7H2,1-3H3. The molecule has 0 spiro atoms. The van der Waals surface area contributed by atoms with Crippen LogP contribution in [0.3, 0.4) is 0 Å². The second-order valence-electron chi connectivity index (χ2n) is 4.67. The SMILES string of the molecule is Cc1nc(C)c(COC(=O)c2c(C)nn3cccnc23)s1. The van der Waals surface area contributed by atoms with E-state index in [2.05, 4.69) is 15.1 Å². The average Bonchev–Trinajstić information content (AvgIpc) is 2.94. The van der Waals surface area contributed by atoms with Gasteiger partial charge in [0.2, 0.25) is 0 Å². The van der Waals surface area contributed by atoms with Crippen LogP contribution in [0.15, 0.2) is 18.5 Å². The van der Waals surface area contributed by atoms with Gasteiger partial charge in [-0.1, -0.05) is 0 Å². The highest BCUT2D eigenvalue weighted by Gasteiger charge is 2.20. The fourth-order valence-corrected chi connectivity index (χ4v) is 3.00. The molecule has 0 aromatic carbocycles. The van der Waals surface area contributed by atoms with Crippen LogP contribution in [0.25, 0.3) is 5.65 Å². The molecule has 6 nitrogen and oxygen atoms in total. The molecule has 0 atom stereocenters. The number of thiazole rings is 1. The Morgan fingerprint density at radius 3 is 2.86 bits per heavy atom. The van der Waals surface area contributed by atoms with Gasteiger partial charge in [-0.25, -0.2) is 19.3 Å². The number of carbonyl (C=O) groups is 1. The maximum Gasteiger partial charge on any atom is 0.344 e. The maximum absolute atomic E-state index is 12.3. The lowest BCUT2D eigenvalue weighted by Crippen LogP contribution is -2.07. The molecule has 0 aliphatic rings. The molecule has 21 heavy (non-hydrogen) atoms. The first-order valence-corrected chi connectivity index (χ1v) is 7.28. The molecule has 0 amide bonds. The van der Waals surface area contributed by atoms with Crippen molar-refractivity contribution in [1.29, 1.82) is 0 Å². The molecule has 3 heterocycles. The van der Waals surface area contributed by atoms with Crippen molar-refractivity contribution in [3.8, 4) is 0 Å². The van der Waals surface area contributed by atoms with Crippen LogP contribution in [0.1, 0.15) is 31.6 Å². The highest BCUT2D eigenvalue weighted by Crippen LogP contribution is 2.20. The molecule has 108 valence electrons. The first kappa shape index (κ1) is 13.7. The van der Waals surface area contributed by atoms with E-state index in [0.29, 0.717) is 16.9 Å². The molecule has 0 aliphatic carbocycles. The van der Waals surface area contributed by atoms with E-state index in [0.717, 1.165) is 15.6 Å². The van der Waals surface area contributed by atoms with Crippen molar-refractivity contribution in [1.82, 2.24) is 19.6 Å². The maximum atomic E-state index is 12.3. The number of fused-ring (bicyclic) bond motifs is 1. The van der Waals surface area contributed by atoms with E-state index in [4.69, 9.17) is 4.74 Å². The van der Waals surface area contributed by atoms with Gasteiger partial charge < -0.3 is 4.74 Å². The number of aryl methyl sites for hydroxylation is 3. The Morgan fingerprint density at radius 1 is 1.33 bits per heavy atom. The summed E-state index contributed by atoms with van der Waals surface area (Å²) in [6.07, 6.45) is 3.38. The van der Waals surface area contributed by atoms with Crippen LogP contribution >= 0.6 is 11.3 Å². The highest BCUT2D eigenvalue weighted by atomic mass is 32.1. The minimum atomic E-state index is -0.411. The van der Waals surface area contributed by atoms with Gasteiger partial charge in [-0.05, 0) is 26.8 Å². The number of nitrogens with zero attached hydrogens (tertiary/aromatic N) is 4.